The van der Waals surface area contributed by atoms with Gasteiger partial charge in [0.1, 0.15) is 5.76 Å². The first-order chi connectivity index (χ1) is 17.4. The summed E-state index contributed by atoms with van der Waals surface area (Å²) >= 11 is 1.25. The van der Waals surface area contributed by atoms with Crippen molar-refractivity contribution < 1.29 is 23.4 Å². The third kappa shape index (κ3) is 4.11. The molecular formula is C26H27N3O6S. The molecular weight excluding hydrogens is 482 g/mol. The van der Waals surface area contributed by atoms with E-state index in [9.17, 15) is 9.59 Å². The number of fused-ring (bicyclic) bond motifs is 2. The maximum atomic E-state index is 13.7. The molecule has 9 nitrogen and oxygen atoms in total. The van der Waals surface area contributed by atoms with Gasteiger partial charge in [-0.3, -0.25) is 9.36 Å². The minimum atomic E-state index is -0.722. The maximum Gasteiger partial charge on any atom is 0.338 e. The van der Waals surface area contributed by atoms with Crippen molar-refractivity contribution in [3.63, 3.8) is 0 Å². The summed E-state index contributed by atoms with van der Waals surface area (Å²) in [5.74, 6) is 1.99. The molecule has 2 aliphatic heterocycles. The molecule has 0 bridgehead atoms. The molecule has 0 N–H and O–H groups in total. The molecule has 1 atom stereocenters. The molecule has 36 heavy (non-hydrogen) atoms. The predicted octanol–water partition coefficient (Wildman–Crippen LogP) is 2.97. The van der Waals surface area contributed by atoms with E-state index in [4.69, 9.17) is 18.6 Å². The minimum Gasteiger partial charge on any atom is -0.463 e. The Morgan fingerprint density at radius 3 is 2.72 bits per heavy atom. The first-order valence-electron chi connectivity index (χ1n) is 11.9. The van der Waals surface area contributed by atoms with Gasteiger partial charge in [-0.2, -0.15) is 0 Å². The number of carbonyl (C=O) groups is 1. The number of esters is 1. The SMILES string of the molecule is CCOC(=O)C1=C(C)N=c2sc(=Cc3ccc(N(CC)CC)o3)c(=O)n2C1c1ccc2c(c1)OCO2. The molecule has 3 aromatic rings. The lowest BCUT2D eigenvalue weighted by molar-refractivity contribution is -0.139. The van der Waals surface area contributed by atoms with Crippen molar-refractivity contribution in [1.82, 2.24) is 4.57 Å². The number of furan rings is 1. The quantitative estimate of drug-likeness (QED) is 0.452. The molecule has 1 aromatic carbocycles. The second kappa shape index (κ2) is 9.69. The molecule has 1 unspecified atom stereocenters. The van der Waals surface area contributed by atoms with Crippen LogP contribution in [0.4, 0.5) is 5.88 Å². The lowest BCUT2D eigenvalue weighted by atomic mass is 9.95. The standard InChI is InChI=1S/C26H27N3O6S/c1-5-28(6-2)21-11-9-17(35-21)13-20-24(30)29-23(16-8-10-18-19(12-16)34-14-33-18)22(25(31)32-7-3)15(4)27-26(29)36-20/h8-13,23H,5-7,14H2,1-4H3. The van der Waals surface area contributed by atoms with Gasteiger partial charge in [0, 0.05) is 25.2 Å². The van der Waals surface area contributed by atoms with Crippen molar-refractivity contribution in [1.29, 1.82) is 0 Å². The largest absolute Gasteiger partial charge is 0.463 e. The number of hydrogen-bond acceptors (Lipinski definition) is 9. The summed E-state index contributed by atoms with van der Waals surface area (Å²) in [5, 5.41) is 0. The van der Waals surface area contributed by atoms with Gasteiger partial charge < -0.3 is 23.5 Å². The smallest absolute Gasteiger partial charge is 0.338 e. The van der Waals surface area contributed by atoms with E-state index in [2.05, 4.69) is 23.7 Å². The Labute approximate surface area is 211 Å². The Morgan fingerprint density at radius 2 is 1.97 bits per heavy atom. The van der Waals surface area contributed by atoms with E-state index in [1.807, 2.05) is 18.2 Å². The number of benzene rings is 1. The first-order valence-corrected chi connectivity index (χ1v) is 12.7. The van der Waals surface area contributed by atoms with E-state index >= 15 is 0 Å². The van der Waals surface area contributed by atoms with Crippen LogP contribution in [-0.2, 0) is 9.53 Å². The van der Waals surface area contributed by atoms with Gasteiger partial charge >= 0.3 is 5.97 Å². The zero-order valence-corrected chi connectivity index (χ0v) is 21.4. The normalized spacial score (nSPS) is 16.7. The summed E-state index contributed by atoms with van der Waals surface area (Å²) in [6.45, 7) is 9.59. The monoisotopic (exact) mass is 509 g/mol. The molecule has 2 aliphatic rings. The lowest BCUT2D eigenvalue weighted by Crippen LogP contribution is -2.39. The minimum absolute atomic E-state index is 0.125. The van der Waals surface area contributed by atoms with E-state index in [1.165, 1.54) is 11.3 Å². The molecule has 4 heterocycles. The second-order valence-electron chi connectivity index (χ2n) is 8.26. The van der Waals surface area contributed by atoms with E-state index in [1.54, 1.807) is 36.6 Å². The van der Waals surface area contributed by atoms with E-state index < -0.39 is 12.0 Å². The van der Waals surface area contributed by atoms with Gasteiger partial charge in [0.2, 0.25) is 6.79 Å². The molecule has 188 valence electrons. The third-order valence-corrected chi connectivity index (χ3v) is 7.17. The fourth-order valence-corrected chi connectivity index (χ4v) is 5.47. The van der Waals surface area contributed by atoms with Crippen molar-refractivity contribution in [2.45, 2.75) is 33.7 Å². The summed E-state index contributed by atoms with van der Waals surface area (Å²) in [5.41, 5.74) is 1.25. The number of aromatic nitrogens is 1. The van der Waals surface area contributed by atoms with Crippen LogP contribution in [0.15, 0.2) is 55.8 Å². The Balaban J connectivity index is 1.66. The number of allylic oxidation sites excluding steroid dienone is 1. The number of thiazole rings is 1. The van der Waals surface area contributed by atoms with Crippen LogP contribution < -0.4 is 29.3 Å². The lowest BCUT2D eigenvalue weighted by Gasteiger charge is -2.24. The van der Waals surface area contributed by atoms with E-state index in [-0.39, 0.29) is 19.0 Å². The predicted molar refractivity (Wildman–Crippen MR) is 135 cm³/mol. The highest BCUT2D eigenvalue weighted by Crippen LogP contribution is 2.38. The summed E-state index contributed by atoms with van der Waals surface area (Å²) in [4.78, 5) is 33.9. The summed E-state index contributed by atoms with van der Waals surface area (Å²) in [6, 6.07) is 8.43. The average Bonchev–Trinajstić information content (AvgIpc) is 3.59. The van der Waals surface area contributed by atoms with Crippen LogP contribution in [-0.4, -0.2) is 37.0 Å². The zero-order chi connectivity index (χ0) is 25.4. The fraction of sp³-hybridized carbons (Fsp3) is 0.346. The average molecular weight is 510 g/mol. The van der Waals surface area contributed by atoms with Gasteiger partial charge in [0.15, 0.2) is 22.2 Å². The first kappa shape index (κ1) is 23.9. The third-order valence-electron chi connectivity index (χ3n) is 6.19. The topological polar surface area (TPSA) is 95.5 Å². The number of carbonyl (C=O) groups excluding carboxylic acids is 1. The van der Waals surface area contributed by atoms with Crippen molar-refractivity contribution in [3.05, 3.63) is 72.6 Å². The fourth-order valence-electron chi connectivity index (χ4n) is 4.44. The highest BCUT2D eigenvalue weighted by Gasteiger charge is 2.34. The molecule has 0 spiro atoms. The van der Waals surface area contributed by atoms with Gasteiger partial charge in [0.25, 0.3) is 5.56 Å². The van der Waals surface area contributed by atoms with Crippen LogP contribution in [0.25, 0.3) is 6.08 Å². The Hall–Kier alpha value is -3.79. The van der Waals surface area contributed by atoms with E-state index in [0.29, 0.717) is 43.4 Å². The number of ether oxygens (including phenoxy) is 3. The van der Waals surface area contributed by atoms with Gasteiger partial charge in [-0.05, 0) is 51.5 Å². The van der Waals surface area contributed by atoms with Crippen LogP contribution in [0.3, 0.4) is 0 Å². The van der Waals surface area contributed by atoms with Crippen LogP contribution in [0.1, 0.15) is 45.1 Å². The Morgan fingerprint density at radius 1 is 1.19 bits per heavy atom. The van der Waals surface area contributed by atoms with Crippen molar-refractivity contribution in [3.8, 4) is 11.5 Å². The van der Waals surface area contributed by atoms with Crippen molar-refractivity contribution in [2.24, 2.45) is 4.99 Å². The molecule has 0 fully saturated rings. The van der Waals surface area contributed by atoms with Gasteiger partial charge in [0.05, 0.1) is 28.5 Å². The Bertz CT molecular complexity index is 1530. The zero-order valence-electron chi connectivity index (χ0n) is 20.6. The molecule has 2 aromatic heterocycles. The van der Waals surface area contributed by atoms with Gasteiger partial charge in [-0.15, -0.1) is 0 Å². The highest BCUT2D eigenvalue weighted by molar-refractivity contribution is 7.07. The summed E-state index contributed by atoms with van der Waals surface area (Å²) < 4.78 is 24.3. The summed E-state index contributed by atoms with van der Waals surface area (Å²) in [6.07, 6.45) is 1.72. The number of nitrogens with zero attached hydrogens (tertiary/aromatic N) is 3. The van der Waals surface area contributed by atoms with E-state index in [0.717, 1.165) is 19.0 Å². The highest BCUT2D eigenvalue weighted by atomic mass is 32.1. The maximum absolute atomic E-state index is 13.7. The van der Waals surface area contributed by atoms with Crippen LogP contribution in [0.2, 0.25) is 0 Å². The van der Waals surface area contributed by atoms with Crippen LogP contribution >= 0.6 is 11.3 Å². The summed E-state index contributed by atoms with van der Waals surface area (Å²) in [7, 11) is 0. The van der Waals surface area contributed by atoms with Gasteiger partial charge in [-0.25, -0.2) is 9.79 Å². The molecule has 0 saturated heterocycles. The number of hydrogen-bond donors (Lipinski definition) is 0. The van der Waals surface area contributed by atoms with Crippen molar-refractivity contribution >= 4 is 29.3 Å². The number of anilines is 1. The molecule has 10 heteroatoms. The molecule has 5 rings (SSSR count). The molecule has 0 radical (unpaired) electrons. The van der Waals surface area contributed by atoms with Crippen LogP contribution in [0.5, 0.6) is 11.5 Å². The molecule has 0 amide bonds. The molecule has 0 saturated carbocycles. The van der Waals surface area contributed by atoms with Gasteiger partial charge in [-0.1, -0.05) is 17.4 Å². The van der Waals surface area contributed by atoms with Crippen molar-refractivity contribution in [2.75, 3.05) is 31.4 Å². The molecule has 0 aliphatic carbocycles. The number of rotatable bonds is 7. The second-order valence-corrected chi connectivity index (χ2v) is 9.27. The van der Waals surface area contributed by atoms with Crippen LogP contribution in [0, 0.1) is 0 Å². The Kier molecular flexibility index (Phi) is 6.44.